The molecule has 0 fully saturated rings. The van der Waals surface area contributed by atoms with E-state index in [1.54, 1.807) is 36.4 Å². The van der Waals surface area contributed by atoms with Gasteiger partial charge in [-0.15, -0.1) is 0 Å². The maximum Gasteiger partial charge on any atom is 0.251 e. The Kier molecular flexibility index (Phi) is 6.78. The molecule has 0 aromatic heterocycles. The van der Waals surface area contributed by atoms with Crippen LogP contribution in [0.15, 0.2) is 54.6 Å². The summed E-state index contributed by atoms with van der Waals surface area (Å²) in [7, 11) is 0. The number of benzene rings is 2. The summed E-state index contributed by atoms with van der Waals surface area (Å²) in [6.45, 7) is 3.95. The van der Waals surface area contributed by atoms with Gasteiger partial charge >= 0.3 is 0 Å². The summed E-state index contributed by atoms with van der Waals surface area (Å²) in [6, 6.07) is 14.2. The highest BCUT2D eigenvalue weighted by Gasteiger charge is 2.09. The van der Waals surface area contributed by atoms with Crippen LogP contribution in [0.3, 0.4) is 0 Å². The maximum atomic E-state index is 12.1. The predicted molar refractivity (Wildman–Crippen MR) is 103 cm³/mol. The molecule has 2 N–H and O–H groups in total. The van der Waals surface area contributed by atoms with Crippen molar-refractivity contribution in [2.24, 2.45) is 0 Å². The molecule has 4 nitrogen and oxygen atoms in total. The first kappa shape index (κ1) is 18.7. The highest BCUT2D eigenvalue weighted by Crippen LogP contribution is 2.16. The lowest BCUT2D eigenvalue weighted by Crippen LogP contribution is -2.31. The van der Waals surface area contributed by atoms with Crippen LogP contribution < -0.4 is 10.6 Å². The van der Waals surface area contributed by atoms with Crippen molar-refractivity contribution < 1.29 is 9.59 Å². The van der Waals surface area contributed by atoms with Gasteiger partial charge < -0.3 is 10.6 Å². The summed E-state index contributed by atoms with van der Waals surface area (Å²) in [4.78, 5) is 24.2. The van der Waals surface area contributed by atoms with E-state index in [0.717, 1.165) is 12.0 Å². The van der Waals surface area contributed by atoms with E-state index in [2.05, 4.69) is 10.6 Å². The Hall–Kier alpha value is -2.59. The number of halogens is 1. The topological polar surface area (TPSA) is 58.2 Å². The van der Waals surface area contributed by atoms with Crippen molar-refractivity contribution in [1.82, 2.24) is 5.32 Å². The van der Waals surface area contributed by atoms with Gasteiger partial charge in [-0.2, -0.15) is 0 Å². The molecule has 0 aliphatic carbocycles. The third-order valence-corrected chi connectivity index (χ3v) is 4.05. The van der Waals surface area contributed by atoms with Gasteiger partial charge in [0.05, 0.1) is 0 Å². The molecule has 0 saturated carbocycles. The minimum Gasteiger partial charge on any atom is -0.350 e. The molecule has 0 heterocycles. The Balaban J connectivity index is 2.03. The highest BCUT2D eigenvalue weighted by atomic mass is 35.5. The molecule has 0 aliphatic rings. The number of carbonyl (C=O) groups excluding carboxylic acids is 2. The largest absolute Gasteiger partial charge is 0.350 e. The van der Waals surface area contributed by atoms with Crippen LogP contribution in [-0.2, 0) is 4.79 Å². The summed E-state index contributed by atoms with van der Waals surface area (Å²) in [5, 5.41) is 6.22. The minimum absolute atomic E-state index is 0.101. The third-order valence-electron chi connectivity index (χ3n) is 3.70. The molecule has 130 valence electrons. The van der Waals surface area contributed by atoms with Crippen molar-refractivity contribution in [3.8, 4) is 0 Å². The fourth-order valence-electron chi connectivity index (χ4n) is 2.11. The second-order valence-electron chi connectivity index (χ2n) is 5.71. The Morgan fingerprint density at radius 3 is 2.64 bits per heavy atom. The number of rotatable bonds is 6. The van der Waals surface area contributed by atoms with Gasteiger partial charge in [-0.3, -0.25) is 9.59 Å². The number of hydrogen-bond donors (Lipinski definition) is 2. The van der Waals surface area contributed by atoms with E-state index in [9.17, 15) is 9.59 Å². The van der Waals surface area contributed by atoms with Crippen LogP contribution in [-0.4, -0.2) is 17.9 Å². The van der Waals surface area contributed by atoms with E-state index in [-0.39, 0.29) is 17.9 Å². The number of amides is 2. The fourth-order valence-corrected chi connectivity index (χ4v) is 2.31. The van der Waals surface area contributed by atoms with Gasteiger partial charge in [0.1, 0.15) is 0 Å². The van der Waals surface area contributed by atoms with Crippen LogP contribution >= 0.6 is 11.6 Å². The molecule has 0 aliphatic heterocycles. The van der Waals surface area contributed by atoms with Gasteiger partial charge in [0.2, 0.25) is 5.91 Å². The van der Waals surface area contributed by atoms with Crippen molar-refractivity contribution >= 4 is 35.2 Å². The Labute approximate surface area is 152 Å². The first-order valence-corrected chi connectivity index (χ1v) is 8.52. The average Bonchev–Trinajstić information content (AvgIpc) is 2.61. The molecule has 0 spiro atoms. The van der Waals surface area contributed by atoms with Crippen LogP contribution in [0.25, 0.3) is 6.08 Å². The summed E-state index contributed by atoms with van der Waals surface area (Å²) >= 11 is 6.05. The summed E-state index contributed by atoms with van der Waals surface area (Å²) in [5.41, 5.74) is 1.83. The molecule has 5 heteroatoms. The minimum atomic E-state index is -0.292. The standard InChI is InChI=1S/C20H21ClN2O2/c1-3-14(2)22-20(25)16-8-6-9-17(13-16)23-19(24)12-11-15-7-4-5-10-18(15)21/h4-14H,3H2,1-2H3,(H,22,25)(H,23,24)/b12-11+. The molecule has 2 amide bonds. The van der Waals surface area contributed by atoms with Gasteiger partial charge in [0.25, 0.3) is 5.91 Å². The molecular weight excluding hydrogens is 336 g/mol. The average molecular weight is 357 g/mol. The van der Waals surface area contributed by atoms with E-state index in [1.807, 2.05) is 32.0 Å². The smallest absolute Gasteiger partial charge is 0.251 e. The van der Waals surface area contributed by atoms with Crippen LogP contribution in [0.1, 0.15) is 36.2 Å². The lowest BCUT2D eigenvalue weighted by atomic mass is 10.1. The number of hydrogen-bond acceptors (Lipinski definition) is 2. The maximum absolute atomic E-state index is 12.1. The molecule has 2 aromatic rings. The first-order chi connectivity index (χ1) is 12.0. The molecule has 1 atom stereocenters. The molecule has 25 heavy (non-hydrogen) atoms. The molecule has 0 saturated heterocycles. The van der Waals surface area contributed by atoms with Gasteiger partial charge in [0, 0.05) is 28.4 Å². The zero-order valence-corrected chi connectivity index (χ0v) is 15.0. The predicted octanol–water partition coefficient (Wildman–Crippen LogP) is 4.52. The van der Waals surface area contributed by atoms with Crippen molar-refractivity contribution in [3.63, 3.8) is 0 Å². The molecule has 2 aromatic carbocycles. The van der Waals surface area contributed by atoms with Gasteiger partial charge in [-0.05, 0) is 49.2 Å². The first-order valence-electron chi connectivity index (χ1n) is 8.14. The summed E-state index contributed by atoms with van der Waals surface area (Å²) < 4.78 is 0. The molecule has 2 rings (SSSR count). The summed E-state index contributed by atoms with van der Waals surface area (Å²) in [5.74, 6) is -0.448. The van der Waals surface area contributed by atoms with Crippen LogP contribution in [0, 0.1) is 0 Å². The third kappa shape index (κ3) is 5.76. The Morgan fingerprint density at radius 2 is 1.92 bits per heavy atom. The zero-order chi connectivity index (χ0) is 18.2. The van der Waals surface area contributed by atoms with Crippen molar-refractivity contribution in [1.29, 1.82) is 0 Å². The SMILES string of the molecule is CCC(C)NC(=O)c1cccc(NC(=O)/C=C/c2ccccc2Cl)c1. The quantitative estimate of drug-likeness (QED) is 0.747. The van der Waals surface area contributed by atoms with Gasteiger partial charge in [0.15, 0.2) is 0 Å². The Bertz CT molecular complexity index is 787. The van der Waals surface area contributed by atoms with Crippen LogP contribution in [0.5, 0.6) is 0 Å². The monoisotopic (exact) mass is 356 g/mol. The van der Waals surface area contributed by atoms with Crippen LogP contribution in [0.2, 0.25) is 5.02 Å². The normalized spacial score (nSPS) is 12.0. The molecular formula is C20H21ClN2O2. The Morgan fingerprint density at radius 1 is 1.16 bits per heavy atom. The molecule has 1 unspecified atom stereocenters. The van der Waals surface area contributed by atoms with Crippen molar-refractivity contribution in [3.05, 3.63) is 70.8 Å². The molecule has 0 bridgehead atoms. The fraction of sp³-hybridized carbons (Fsp3) is 0.200. The van der Waals surface area contributed by atoms with Gasteiger partial charge in [-0.1, -0.05) is 42.8 Å². The second kappa shape index (κ2) is 9.04. The van der Waals surface area contributed by atoms with E-state index >= 15 is 0 Å². The van der Waals surface area contributed by atoms with E-state index in [0.29, 0.717) is 16.3 Å². The molecule has 0 radical (unpaired) electrons. The summed E-state index contributed by atoms with van der Waals surface area (Å²) in [6.07, 6.45) is 3.92. The number of anilines is 1. The van der Waals surface area contributed by atoms with E-state index in [4.69, 9.17) is 11.6 Å². The van der Waals surface area contributed by atoms with Crippen molar-refractivity contribution in [2.75, 3.05) is 5.32 Å². The second-order valence-corrected chi connectivity index (χ2v) is 6.11. The number of nitrogens with one attached hydrogen (secondary N) is 2. The number of carbonyl (C=O) groups is 2. The highest BCUT2D eigenvalue weighted by molar-refractivity contribution is 6.32. The van der Waals surface area contributed by atoms with Crippen LogP contribution in [0.4, 0.5) is 5.69 Å². The van der Waals surface area contributed by atoms with E-state index in [1.165, 1.54) is 6.08 Å². The lowest BCUT2D eigenvalue weighted by Gasteiger charge is -2.12. The zero-order valence-electron chi connectivity index (χ0n) is 14.3. The van der Waals surface area contributed by atoms with E-state index < -0.39 is 0 Å². The lowest BCUT2D eigenvalue weighted by molar-refractivity contribution is -0.111. The van der Waals surface area contributed by atoms with Gasteiger partial charge in [-0.25, -0.2) is 0 Å². The van der Waals surface area contributed by atoms with Crippen molar-refractivity contribution in [2.45, 2.75) is 26.3 Å².